The summed E-state index contributed by atoms with van der Waals surface area (Å²) in [5.74, 6) is 0.874. The van der Waals surface area contributed by atoms with Crippen LogP contribution in [0, 0.1) is 0 Å². The molecule has 2 N–H and O–H groups in total. The molecule has 0 saturated heterocycles. The number of unbranched alkanes of at least 4 members (excludes halogenated alkanes) is 2. The smallest absolute Gasteiger partial charge is 0.119 e. The summed E-state index contributed by atoms with van der Waals surface area (Å²) in [5, 5.41) is 0. The average molecular weight is 329 g/mol. The maximum Gasteiger partial charge on any atom is 0.119 e. The lowest BCUT2D eigenvalue weighted by Crippen LogP contribution is -2.31. The van der Waals surface area contributed by atoms with Gasteiger partial charge in [0.2, 0.25) is 0 Å². The zero-order valence-corrected chi connectivity index (χ0v) is 13.7. The monoisotopic (exact) mass is 328 g/mol. The number of methoxy groups -OCH3 is 1. The van der Waals surface area contributed by atoms with Gasteiger partial charge in [0.05, 0.1) is 7.11 Å². The molecule has 1 aromatic carbocycles. The van der Waals surface area contributed by atoms with E-state index >= 15 is 0 Å². The van der Waals surface area contributed by atoms with E-state index < -0.39 is 0 Å². The van der Waals surface area contributed by atoms with Crippen LogP contribution >= 0.6 is 15.9 Å². The molecule has 0 amide bonds. The topological polar surface area (TPSA) is 38.5 Å². The van der Waals surface area contributed by atoms with E-state index in [0.717, 1.165) is 16.8 Å². The first kappa shape index (κ1) is 16.5. The summed E-state index contributed by atoms with van der Waals surface area (Å²) in [6, 6.07) is 6.27. The van der Waals surface area contributed by atoms with Gasteiger partial charge in [0.25, 0.3) is 0 Å². The Labute approximate surface area is 125 Å². The SMILES string of the molecule is CCCCCN(C)C(CN)c1cc(OC)ccc1Br. The summed E-state index contributed by atoms with van der Waals surface area (Å²) in [4.78, 5) is 2.33. The predicted octanol–water partition coefficient (Wildman–Crippen LogP) is 3.58. The van der Waals surface area contributed by atoms with Crippen LogP contribution < -0.4 is 10.5 Å². The highest BCUT2D eigenvalue weighted by atomic mass is 79.9. The zero-order chi connectivity index (χ0) is 14.3. The predicted molar refractivity (Wildman–Crippen MR) is 84.6 cm³/mol. The summed E-state index contributed by atoms with van der Waals surface area (Å²) >= 11 is 3.61. The fourth-order valence-corrected chi connectivity index (χ4v) is 2.73. The fraction of sp³-hybridized carbons (Fsp3) is 0.600. The van der Waals surface area contributed by atoms with Crippen molar-refractivity contribution in [2.24, 2.45) is 5.73 Å². The quantitative estimate of drug-likeness (QED) is 0.741. The molecule has 4 heteroatoms. The van der Waals surface area contributed by atoms with Gasteiger partial charge < -0.3 is 10.5 Å². The van der Waals surface area contributed by atoms with Crippen molar-refractivity contribution >= 4 is 15.9 Å². The molecule has 1 atom stereocenters. The Morgan fingerprint density at radius 2 is 2.11 bits per heavy atom. The maximum atomic E-state index is 5.97. The van der Waals surface area contributed by atoms with Gasteiger partial charge in [-0.05, 0) is 43.8 Å². The highest BCUT2D eigenvalue weighted by Crippen LogP contribution is 2.30. The van der Waals surface area contributed by atoms with Crippen molar-refractivity contribution in [2.75, 3.05) is 27.2 Å². The van der Waals surface area contributed by atoms with E-state index in [1.165, 1.54) is 24.8 Å². The summed E-state index contributed by atoms with van der Waals surface area (Å²) in [7, 11) is 3.83. The van der Waals surface area contributed by atoms with Crippen LogP contribution in [0.15, 0.2) is 22.7 Å². The third-order valence-corrected chi connectivity index (χ3v) is 4.15. The van der Waals surface area contributed by atoms with Gasteiger partial charge in [0, 0.05) is 17.1 Å². The van der Waals surface area contributed by atoms with E-state index in [9.17, 15) is 0 Å². The molecule has 1 unspecified atom stereocenters. The van der Waals surface area contributed by atoms with Crippen LogP contribution in [0.4, 0.5) is 0 Å². The molecule has 0 aliphatic rings. The summed E-state index contributed by atoms with van der Waals surface area (Å²) in [6.07, 6.45) is 3.72. The van der Waals surface area contributed by atoms with Crippen molar-refractivity contribution < 1.29 is 4.74 Å². The van der Waals surface area contributed by atoms with Gasteiger partial charge in [-0.3, -0.25) is 4.90 Å². The lowest BCUT2D eigenvalue weighted by Gasteiger charge is -2.28. The first-order valence-corrected chi connectivity index (χ1v) is 7.67. The Morgan fingerprint density at radius 3 is 2.68 bits per heavy atom. The van der Waals surface area contributed by atoms with Crippen molar-refractivity contribution in [2.45, 2.75) is 32.2 Å². The Balaban J connectivity index is 2.83. The fourth-order valence-electron chi connectivity index (χ4n) is 2.22. The number of halogens is 1. The lowest BCUT2D eigenvalue weighted by atomic mass is 10.0. The molecule has 0 radical (unpaired) electrons. The van der Waals surface area contributed by atoms with Gasteiger partial charge in [0.15, 0.2) is 0 Å². The largest absolute Gasteiger partial charge is 0.497 e. The molecule has 0 aliphatic heterocycles. The van der Waals surface area contributed by atoms with Gasteiger partial charge in [0.1, 0.15) is 5.75 Å². The minimum absolute atomic E-state index is 0.223. The Morgan fingerprint density at radius 1 is 1.37 bits per heavy atom. The van der Waals surface area contributed by atoms with Crippen LogP contribution in [0.2, 0.25) is 0 Å². The summed E-state index contributed by atoms with van der Waals surface area (Å²) < 4.78 is 6.39. The van der Waals surface area contributed by atoms with E-state index in [1.807, 2.05) is 12.1 Å². The van der Waals surface area contributed by atoms with E-state index in [2.05, 4.69) is 40.9 Å². The maximum absolute atomic E-state index is 5.97. The molecular formula is C15H25BrN2O. The molecule has 3 nitrogen and oxygen atoms in total. The molecule has 0 spiro atoms. The number of hydrogen-bond donors (Lipinski definition) is 1. The highest BCUT2D eigenvalue weighted by Gasteiger charge is 2.18. The number of rotatable bonds is 8. The van der Waals surface area contributed by atoms with Gasteiger partial charge in [-0.1, -0.05) is 35.7 Å². The zero-order valence-electron chi connectivity index (χ0n) is 12.2. The minimum Gasteiger partial charge on any atom is -0.497 e. The van der Waals surface area contributed by atoms with E-state index in [1.54, 1.807) is 7.11 Å². The van der Waals surface area contributed by atoms with Gasteiger partial charge in [-0.15, -0.1) is 0 Å². The molecule has 0 aromatic heterocycles. The third kappa shape index (κ3) is 4.79. The molecule has 1 rings (SSSR count). The number of nitrogens with zero attached hydrogens (tertiary/aromatic N) is 1. The van der Waals surface area contributed by atoms with Gasteiger partial charge in [-0.25, -0.2) is 0 Å². The third-order valence-electron chi connectivity index (χ3n) is 3.43. The number of nitrogens with two attached hydrogens (primary N) is 1. The van der Waals surface area contributed by atoms with Crippen molar-refractivity contribution in [3.05, 3.63) is 28.2 Å². The second-order valence-corrected chi connectivity index (χ2v) is 5.68. The molecule has 19 heavy (non-hydrogen) atoms. The average Bonchev–Trinajstić information content (AvgIpc) is 2.42. The minimum atomic E-state index is 0.223. The standard InChI is InChI=1S/C15H25BrN2O/c1-4-5-6-9-18(2)15(11-17)13-10-12(19-3)7-8-14(13)16/h7-8,10,15H,4-6,9,11,17H2,1-3H3. The Bertz CT molecular complexity index is 384. The second kappa shape index (κ2) is 8.56. The Kier molecular flexibility index (Phi) is 7.42. The molecular weight excluding hydrogens is 304 g/mol. The lowest BCUT2D eigenvalue weighted by molar-refractivity contribution is 0.244. The van der Waals surface area contributed by atoms with Crippen molar-refractivity contribution in [1.82, 2.24) is 4.90 Å². The van der Waals surface area contributed by atoms with E-state index in [0.29, 0.717) is 6.54 Å². The van der Waals surface area contributed by atoms with Gasteiger partial charge in [-0.2, -0.15) is 0 Å². The summed E-state index contributed by atoms with van der Waals surface area (Å²) in [5.41, 5.74) is 7.16. The van der Waals surface area contributed by atoms with Crippen molar-refractivity contribution in [3.63, 3.8) is 0 Å². The number of likely N-dealkylation sites (N-methyl/N-ethyl adjacent to an activating group) is 1. The van der Waals surface area contributed by atoms with Crippen LogP contribution in [0.3, 0.4) is 0 Å². The van der Waals surface area contributed by atoms with E-state index in [-0.39, 0.29) is 6.04 Å². The second-order valence-electron chi connectivity index (χ2n) is 4.83. The molecule has 0 bridgehead atoms. The molecule has 0 fully saturated rings. The number of ether oxygens (including phenoxy) is 1. The highest BCUT2D eigenvalue weighted by molar-refractivity contribution is 9.10. The Hall–Kier alpha value is -0.580. The van der Waals surface area contributed by atoms with Crippen molar-refractivity contribution in [3.8, 4) is 5.75 Å². The molecule has 0 heterocycles. The van der Waals surface area contributed by atoms with Gasteiger partial charge >= 0.3 is 0 Å². The van der Waals surface area contributed by atoms with Crippen LogP contribution in [-0.4, -0.2) is 32.1 Å². The molecule has 1 aromatic rings. The van der Waals surface area contributed by atoms with Crippen molar-refractivity contribution in [1.29, 1.82) is 0 Å². The molecule has 0 saturated carbocycles. The van der Waals surface area contributed by atoms with E-state index in [4.69, 9.17) is 10.5 Å². The molecule has 108 valence electrons. The molecule has 0 aliphatic carbocycles. The van der Waals surface area contributed by atoms with Crippen LogP contribution in [0.1, 0.15) is 37.8 Å². The van der Waals surface area contributed by atoms with Crippen LogP contribution in [-0.2, 0) is 0 Å². The van der Waals surface area contributed by atoms with Crippen LogP contribution in [0.5, 0.6) is 5.75 Å². The van der Waals surface area contributed by atoms with Crippen LogP contribution in [0.25, 0.3) is 0 Å². The first-order valence-electron chi connectivity index (χ1n) is 6.87. The number of benzene rings is 1. The normalized spacial score (nSPS) is 12.7. The first-order chi connectivity index (χ1) is 9.13. The summed E-state index contributed by atoms with van der Waals surface area (Å²) in [6.45, 7) is 3.90. The number of hydrogen-bond acceptors (Lipinski definition) is 3.